The van der Waals surface area contributed by atoms with E-state index < -0.39 is 0 Å². The zero-order valence-electron chi connectivity index (χ0n) is 15.9. The largest absolute Gasteiger partial charge is 0.339 e. The van der Waals surface area contributed by atoms with Crippen LogP contribution < -0.4 is 5.32 Å². The summed E-state index contributed by atoms with van der Waals surface area (Å²) >= 11 is 0. The number of carbonyl (C=O) groups excluding carboxylic acids is 1. The number of piperidine rings is 3. The van der Waals surface area contributed by atoms with E-state index in [4.69, 9.17) is 0 Å². The maximum Gasteiger partial charge on any atom is 0.222 e. The highest BCUT2D eigenvalue weighted by molar-refractivity contribution is 5.77. The molecule has 1 aromatic carbocycles. The fourth-order valence-corrected chi connectivity index (χ4v) is 5.21. The number of fused-ring (bicyclic) bond motifs is 1. The second-order valence-corrected chi connectivity index (χ2v) is 8.43. The minimum Gasteiger partial charge on any atom is -0.339 e. The van der Waals surface area contributed by atoms with E-state index in [-0.39, 0.29) is 0 Å². The maximum absolute atomic E-state index is 12.6. The highest BCUT2D eigenvalue weighted by Gasteiger charge is 2.39. The summed E-state index contributed by atoms with van der Waals surface area (Å²) in [7, 11) is 0. The number of likely N-dealkylation sites (tertiary alicyclic amines) is 2. The number of nitrogens with one attached hydrogen (secondary N) is 1. The molecule has 3 aliphatic heterocycles. The number of amides is 1. The predicted octanol–water partition coefficient (Wildman–Crippen LogP) is 2.54. The average molecular weight is 356 g/mol. The fourth-order valence-electron chi connectivity index (χ4n) is 5.21. The van der Waals surface area contributed by atoms with Crippen molar-refractivity contribution in [3.63, 3.8) is 0 Å². The van der Waals surface area contributed by atoms with E-state index in [9.17, 15) is 4.79 Å². The molecule has 1 amide bonds. The first-order chi connectivity index (χ1) is 12.8. The Kier molecular flexibility index (Phi) is 5.91. The molecule has 142 valence electrons. The molecular weight excluding hydrogens is 322 g/mol. The third-order valence-corrected chi connectivity index (χ3v) is 6.69. The number of nitrogens with zero attached hydrogens (tertiary/aromatic N) is 2. The third kappa shape index (κ3) is 4.29. The van der Waals surface area contributed by atoms with E-state index in [0.29, 0.717) is 17.9 Å². The first-order valence-electron chi connectivity index (χ1n) is 10.6. The van der Waals surface area contributed by atoms with Gasteiger partial charge in [0.25, 0.3) is 0 Å². The SMILES string of the molecule is O=C1CC[C@@H]2CN(CC3CCNCC3)CC[C@@H]2N1CCc1ccccc1. The van der Waals surface area contributed by atoms with Gasteiger partial charge in [0, 0.05) is 38.6 Å². The Hall–Kier alpha value is -1.39. The van der Waals surface area contributed by atoms with Crippen molar-refractivity contribution in [1.29, 1.82) is 0 Å². The van der Waals surface area contributed by atoms with Crippen LogP contribution in [-0.2, 0) is 11.2 Å². The molecule has 0 saturated carbocycles. The molecule has 3 heterocycles. The quantitative estimate of drug-likeness (QED) is 0.882. The van der Waals surface area contributed by atoms with E-state index >= 15 is 0 Å². The summed E-state index contributed by atoms with van der Waals surface area (Å²) in [4.78, 5) is 17.5. The van der Waals surface area contributed by atoms with Gasteiger partial charge in [0.1, 0.15) is 0 Å². The van der Waals surface area contributed by atoms with Crippen LogP contribution in [0.25, 0.3) is 0 Å². The molecule has 4 rings (SSSR count). The normalized spacial score (nSPS) is 28.2. The van der Waals surface area contributed by atoms with Gasteiger partial charge in [-0.3, -0.25) is 4.79 Å². The van der Waals surface area contributed by atoms with Gasteiger partial charge >= 0.3 is 0 Å². The lowest BCUT2D eigenvalue weighted by molar-refractivity contribution is -0.141. The molecule has 4 heteroatoms. The van der Waals surface area contributed by atoms with Gasteiger partial charge in [0.05, 0.1) is 0 Å². The van der Waals surface area contributed by atoms with Crippen molar-refractivity contribution in [3.05, 3.63) is 35.9 Å². The maximum atomic E-state index is 12.6. The molecule has 3 fully saturated rings. The summed E-state index contributed by atoms with van der Waals surface area (Å²) < 4.78 is 0. The van der Waals surface area contributed by atoms with Crippen LogP contribution in [0.1, 0.15) is 37.7 Å². The molecule has 4 nitrogen and oxygen atoms in total. The van der Waals surface area contributed by atoms with E-state index in [2.05, 4.69) is 45.4 Å². The summed E-state index contributed by atoms with van der Waals surface area (Å²) in [5.74, 6) is 1.93. The highest BCUT2D eigenvalue weighted by atomic mass is 16.2. The Labute approximate surface area is 157 Å². The molecule has 3 saturated heterocycles. The Morgan fingerprint density at radius 3 is 2.65 bits per heavy atom. The summed E-state index contributed by atoms with van der Waals surface area (Å²) in [6, 6.07) is 11.1. The van der Waals surface area contributed by atoms with Crippen molar-refractivity contribution in [2.45, 2.75) is 44.6 Å². The second kappa shape index (κ2) is 8.53. The zero-order valence-corrected chi connectivity index (χ0v) is 15.9. The molecule has 0 aliphatic carbocycles. The smallest absolute Gasteiger partial charge is 0.222 e. The lowest BCUT2D eigenvalue weighted by atomic mass is 9.82. The lowest BCUT2D eigenvalue weighted by Gasteiger charge is -2.48. The van der Waals surface area contributed by atoms with Crippen molar-refractivity contribution in [2.75, 3.05) is 39.3 Å². The minimum absolute atomic E-state index is 0.383. The molecule has 3 aliphatic rings. The highest BCUT2D eigenvalue weighted by Crippen LogP contribution is 2.32. The van der Waals surface area contributed by atoms with Gasteiger partial charge in [0.15, 0.2) is 0 Å². The molecule has 0 aromatic heterocycles. The van der Waals surface area contributed by atoms with Crippen molar-refractivity contribution in [1.82, 2.24) is 15.1 Å². The molecule has 2 atom stereocenters. The number of hydrogen-bond acceptors (Lipinski definition) is 3. The number of benzene rings is 1. The van der Waals surface area contributed by atoms with Crippen molar-refractivity contribution >= 4 is 5.91 Å². The van der Waals surface area contributed by atoms with Crippen LogP contribution in [0.4, 0.5) is 0 Å². The van der Waals surface area contributed by atoms with Crippen LogP contribution in [0.5, 0.6) is 0 Å². The predicted molar refractivity (Wildman–Crippen MR) is 105 cm³/mol. The van der Waals surface area contributed by atoms with Crippen LogP contribution in [0.15, 0.2) is 30.3 Å². The van der Waals surface area contributed by atoms with Crippen LogP contribution >= 0.6 is 0 Å². The number of hydrogen-bond donors (Lipinski definition) is 1. The van der Waals surface area contributed by atoms with Gasteiger partial charge in [-0.25, -0.2) is 0 Å². The van der Waals surface area contributed by atoms with Gasteiger partial charge in [-0.1, -0.05) is 30.3 Å². The molecule has 0 spiro atoms. The first-order valence-corrected chi connectivity index (χ1v) is 10.6. The van der Waals surface area contributed by atoms with Crippen molar-refractivity contribution in [2.24, 2.45) is 11.8 Å². The third-order valence-electron chi connectivity index (χ3n) is 6.69. The molecule has 0 radical (unpaired) electrons. The Morgan fingerprint density at radius 1 is 1.04 bits per heavy atom. The molecular formula is C22H33N3O. The standard InChI is InChI=1S/C22H33N3O/c26-22-7-6-20-17-24(16-19-8-12-23-13-9-19)14-11-21(20)25(22)15-10-18-4-2-1-3-5-18/h1-5,19-21,23H,6-17H2/t20-,21+/m1/s1. The van der Waals surface area contributed by atoms with E-state index in [1.807, 2.05) is 0 Å². The zero-order chi connectivity index (χ0) is 17.8. The number of carbonyl (C=O) groups is 1. The van der Waals surface area contributed by atoms with Crippen LogP contribution in [0.2, 0.25) is 0 Å². The molecule has 0 bridgehead atoms. The topological polar surface area (TPSA) is 35.6 Å². The van der Waals surface area contributed by atoms with Gasteiger partial charge in [-0.05, 0) is 62.6 Å². The molecule has 1 aromatic rings. The van der Waals surface area contributed by atoms with Crippen molar-refractivity contribution in [3.8, 4) is 0 Å². The minimum atomic E-state index is 0.383. The van der Waals surface area contributed by atoms with Crippen molar-refractivity contribution < 1.29 is 4.79 Å². The monoisotopic (exact) mass is 355 g/mol. The van der Waals surface area contributed by atoms with E-state index in [1.165, 1.54) is 51.1 Å². The Balaban J connectivity index is 1.33. The average Bonchev–Trinajstić information content (AvgIpc) is 2.69. The second-order valence-electron chi connectivity index (χ2n) is 8.43. The summed E-state index contributed by atoms with van der Waals surface area (Å²) in [6.45, 7) is 6.89. The van der Waals surface area contributed by atoms with E-state index in [0.717, 1.165) is 38.1 Å². The lowest BCUT2D eigenvalue weighted by Crippen LogP contribution is -2.57. The summed E-state index contributed by atoms with van der Waals surface area (Å²) in [5, 5.41) is 3.47. The molecule has 0 unspecified atom stereocenters. The Bertz CT molecular complexity index is 584. The van der Waals surface area contributed by atoms with Crippen LogP contribution in [-0.4, -0.2) is 61.0 Å². The van der Waals surface area contributed by atoms with Gasteiger partial charge in [0.2, 0.25) is 5.91 Å². The van der Waals surface area contributed by atoms with Crippen LogP contribution in [0, 0.1) is 11.8 Å². The first kappa shape index (κ1) is 18.0. The Morgan fingerprint density at radius 2 is 1.85 bits per heavy atom. The molecule has 26 heavy (non-hydrogen) atoms. The molecule has 1 N–H and O–H groups in total. The van der Waals surface area contributed by atoms with Gasteiger partial charge in [-0.2, -0.15) is 0 Å². The fraction of sp³-hybridized carbons (Fsp3) is 0.682. The van der Waals surface area contributed by atoms with Gasteiger partial charge < -0.3 is 15.1 Å². The number of rotatable bonds is 5. The van der Waals surface area contributed by atoms with Gasteiger partial charge in [-0.15, -0.1) is 0 Å². The summed E-state index contributed by atoms with van der Waals surface area (Å²) in [5.41, 5.74) is 1.34. The van der Waals surface area contributed by atoms with Crippen LogP contribution in [0.3, 0.4) is 0 Å². The summed E-state index contributed by atoms with van der Waals surface area (Å²) in [6.07, 6.45) is 6.63. The van der Waals surface area contributed by atoms with E-state index in [1.54, 1.807) is 0 Å².